The second kappa shape index (κ2) is 5.42. The van der Waals surface area contributed by atoms with E-state index in [4.69, 9.17) is 15.1 Å². The first-order chi connectivity index (χ1) is 9.02. The third-order valence-electron chi connectivity index (χ3n) is 3.29. The molecule has 2 amide bonds. The molecule has 2 aliphatic rings. The topological polar surface area (TPSA) is 114 Å². The molecular formula is C11H15N3O5. The minimum absolute atomic E-state index is 0.00434. The van der Waals surface area contributed by atoms with E-state index in [1.807, 2.05) is 6.07 Å². The van der Waals surface area contributed by atoms with Crippen molar-refractivity contribution in [3.63, 3.8) is 0 Å². The number of carboxylic acid groups (broad SMARTS) is 1. The van der Waals surface area contributed by atoms with Crippen LogP contribution in [0.5, 0.6) is 0 Å². The number of amides is 2. The molecule has 0 saturated carbocycles. The van der Waals surface area contributed by atoms with Crippen molar-refractivity contribution in [1.29, 1.82) is 5.26 Å². The molecule has 8 nitrogen and oxygen atoms in total. The molecule has 2 N–H and O–H groups in total. The van der Waals surface area contributed by atoms with Crippen molar-refractivity contribution < 1.29 is 24.5 Å². The third-order valence-corrected chi connectivity index (χ3v) is 3.29. The van der Waals surface area contributed by atoms with Gasteiger partial charge in [0.25, 0.3) is 0 Å². The van der Waals surface area contributed by atoms with E-state index < -0.39 is 30.3 Å². The number of aliphatic hydroxyl groups is 1. The minimum Gasteiger partial charge on any atom is -0.480 e. The summed E-state index contributed by atoms with van der Waals surface area (Å²) in [4.78, 5) is 25.8. The largest absolute Gasteiger partial charge is 0.480 e. The number of likely N-dealkylation sites (tertiary alicyclic amines) is 1. The van der Waals surface area contributed by atoms with Crippen LogP contribution < -0.4 is 0 Å². The van der Waals surface area contributed by atoms with Gasteiger partial charge in [-0.15, -0.1) is 0 Å². The first-order valence-electron chi connectivity index (χ1n) is 6.00. The maximum atomic E-state index is 12.2. The zero-order valence-electron chi connectivity index (χ0n) is 10.2. The molecule has 19 heavy (non-hydrogen) atoms. The van der Waals surface area contributed by atoms with Crippen LogP contribution in [0.15, 0.2) is 0 Å². The first kappa shape index (κ1) is 13.6. The summed E-state index contributed by atoms with van der Waals surface area (Å²) >= 11 is 0. The van der Waals surface area contributed by atoms with E-state index in [1.54, 1.807) is 0 Å². The highest BCUT2D eigenvalue weighted by molar-refractivity contribution is 5.83. The van der Waals surface area contributed by atoms with Gasteiger partial charge in [0.2, 0.25) is 0 Å². The number of carbonyl (C=O) groups excluding carboxylic acids is 1. The van der Waals surface area contributed by atoms with Crippen LogP contribution in [0.3, 0.4) is 0 Å². The fourth-order valence-electron chi connectivity index (χ4n) is 2.34. The van der Waals surface area contributed by atoms with E-state index in [0.29, 0.717) is 6.54 Å². The molecule has 2 fully saturated rings. The Kier molecular flexibility index (Phi) is 3.87. The lowest BCUT2D eigenvalue weighted by atomic mass is 10.2. The van der Waals surface area contributed by atoms with Crippen LogP contribution >= 0.6 is 0 Å². The van der Waals surface area contributed by atoms with Gasteiger partial charge in [-0.05, 0) is 0 Å². The molecule has 2 aliphatic heterocycles. The second-order valence-electron chi connectivity index (χ2n) is 4.61. The Morgan fingerprint density at radius 2 is 2.11 bits per heavy atom. The van der Waals surface area contributed by atoms with Crippen molar-refractivity contribution in [2.24, 2.45) is 0 Å². The summed E-state index contributed by atoms with van der Waals surface area (Å²) in [6.07, 6.45) is -1.47. The van der Waals surface area contributed by atoms with Gasteiger partial charge < -0.3 is 24.7 Å². The Hall–Kier alpha value is -1.85. The normalized spacial score (nSPS) is 31.1. The SMILES string of the molecule is N#CC1CN(C(=O)N2CC(O)C[C@H]2C(=O)O)CCO1. The van der Waals surface area contributed by atoms with Gasteiger partial charge in [-0.3, -0.25) is 0 Å². The summed E-state index contributed by atoms with van der Waals surface area (Å²) in [7, 11) is 0. The van der Waals surface area contributed by atoms with Crippen LogP contribution in [-0.2, 0) is 9.53 Å². The van der Waals surface area contributed by atoms with E-state index in [2.05, 4.69) is 0 Å². The minimum atomic E-state index is -1.13. The number of aliphatic hydroxyl groups excluding tert-OH is 1. The smallest absolute Gasteiger partial charge is 0.326 e. The number of β-amino-alcohol motifs (C(OH)–C–C–N with tert-alkyl or cyclic N) is 1. The zero-order valence-corrected chi connectivity index (χ0v) is 10.2. The molecule has 0 aliphatic carbocycles. The highest BCUT2D eigenvalue weighted by Gasteiger charge is 2.41. The van der Waals surface area contributed by atoms with Gasteiger partial charge in [0.05, 0.1) is 25.3 Å². The Morgan fingerprint density at radius 3 is 2.74 bits per heavy atom. The van der Waals surface area contributed by atoms with Crippen LogP contribution in [-0.4, -0.2) is 76.5 Å². The summed E-state index contributed by atoms with van der Waals surface area (Å²) in [5.41, 5.74) is 0. The Morgan fingerprint density at radius 1 is 1.37 bits per heavy atom. The molecule has 8 heteroatoms. The highest BCUT2D eigenvalue weighted by atomic mass is 16.5. The molecule has 3 atom stereocenters. The van der Waals surface area contributed by atoms with E-state index >= 15 is 0 Å². The average molecular weight is 269 g/mol. The Labute approximate surface area is 109 Å². The van der Waals surface area contributed by atoms with Crippen LogP contribution in [0.4, 0.5) is 4.79 Å². The molecule has 0 bridgehead atoms. The average Bonchev–Trinajstić information content (AvgIpc) is 2.80. The highest BCUT2D eigenvalue weighted by Crippen LogP contribution is 2.21. The predicted octanol–water partition coefficient (Wildman–Crippen LogP) is -1.15. The Balaban J connectivity index is 2.06. The number of carboxylic acids is 1. The number of urea groups is 1. The number of hydrogen-bond acceptors (Lipinski definition) is 5. The lowest BCUT2D eigenvalue weighted by Crippen LogP contribution is -2.53. The fourth-order valence-corrected chi connectivity index (χ4v) is 2.34. The van der Waals surface area contributed by atoms with Crippen LogP contribution in [0, 0.1) is 11.3 Å². The summed E-state index contributed by atoms with van der Waals surface area (Å²) in [5.74, 6) is -1.13. The van der Waals surface area contributed by atoms with Crippen molar-refractivity contribution in [3.8, 4) is 6.07 Å². The van der Waals surface area contributed by atoms with Gasteiger partial charge in [-0.2, -0.15) is 5.26 Å². The number of carbonyl (C=O) groups is 2. The Bertz CT molecular complexity index is 421. The van der Waals surface area contributed by atoms with Crippen molar-refractivity contribution in [2.45, 2.75) is 24.7 Å². The maximum Gasteiger partial charge on any atom is 0.326 e. The van der Waals surface area contributed by atoms with Gasteiger partial charge in [-0.1, -0.05) is 0 Å². The van der Waals surface area contributed by atoms with Crippen molar-refractivity contribution in [2.75, 3.05) is 26.2 Å². The standard InChI is InChI=1S/C11H15N3O5/c12-4-8-6-13(1-2-19-8)11(18)14-5-7(15)3-9(14)10(16)17/h7-9,15H,1-3,5-6H2,(H,16,17)/t7?,8?,9-/m0/s1. The van der Waals surface area contributed by atoms with Crippen molar-refractivity contribution >= 4 is 12.0 Å². The summed E-state index contributed by atoms with van der Waals surface area (Å²) < 4.78 is 5.13. The predicted molar refractivity (Wildman–Crippen MR) is 61.1 cm³/mol. The summed E-state index contributed by atoms with van der Waals surface area (Å²) in [6, 6.07) is 0.448. The van der Waals surface area contributed by atoms with E-state index in [1.165, 1.54) is 4.90 Å². The monoisotopic (exact) mass is 269 g/mol. The van der Waals surface area contributed by atoms with E-state index in [0.717, 1.165) is 4.90 Å². The molecule has 2 saturated heterocycles. The van der Waals surface area contributed by atoms with Crippen molar-refractivity contribution in [1.82, 2.24) is 9.80 Å². The first-order valence-corrected chi connectivity index (χ1v) is 6.00. The van der Waals surface area contributed by atoms with E-state index in [-0.39, 0.29) is 26.1 Å². The summed E-state index contributed by atoms with van der Waals surface area (Å²) in [5, 5.41) is 27.3. The lowest BCUT2D eigenvalue weighted by Gasteiger charge is -2.34. The van der Waals surface area contributed by atoms with E-state index in [9.17, 15) is 14.7 Å². The second-order valence-corrected chi connectivity index (χ2v) is 4.61. The molecule has 0 radical (unpaired) electrons. The van der Waals surface area contributed by atoms with Crippen LogP contribution in [0.2, 0.25) is 0 Å². The van der Waals surface area contributed by atoms with Gasteiger partial charge in [0.15, 0.2) is 6.10 Å². The number of rotatable bonds is 1. The van der Waals surface area contributed by atoms with Crippen molar-refractivity contribution in [3.05, 3.63) is 0 Å². The molecule has 0 aromatic heterocycles. The zero-order chi connectivity index (χ0) is 14.0. The number of nitriles is 1. The number of morpholine rings is 1. The fraction of sp³-hybridized carbons (Fsp3) is 0.727. The van der Waals surface area contributed by atoms with Crippen LogP contribution in [0.25, 0.3) is 0 Å². The van der Waals surface area contributed by atoms with Gasteiger partial charge in [0, 0.05) is 19.5 Å². The molecular weight excluding hydrogens is 254 g/mol. The number of ether oxygens (including phenoxy) is 1. The maximum absolute atomic E-state index is 12.2. The number of aliphatic carboxylic acids is 1. The van der Waals surface area contributed by atoms with Gasteiger partial charge >= 0.3 is 12.0 Å². The molecule has 0 aromatic rings. The molecule has 104 valence electrons. The molecule has 2 rings (SSSR count). The third kappa shape index (κ3) is 2.77. The number of nitrogens with zero attached hydrogens (tertiary/aromatic N) is 3. The molecule has 2 unspecified atom stereocenters. The quantitative estimate of drug-likeness (QED) is 0.621. The van der Waals surface area contributed by atoms with Gasteiger partial charge in [0.1, 0.15) is 6.04 Å². The molecule has 2 heterocycles. The number of hydrogen-bond donors (Lipinski definition) is 2. The summed E-state index contributed by atoms with van der Waals surface area (Å²) in [6.45, 7) is 0.687. The van der Waals surface area contributed by atoms with Crippen LogP contribution in [0.1, 0.15) is 6.42 Å². The lowest BCUT2D eigenvalue weighted by molar-refractivity contribution is -0.141. The molecule has 0 aromatic carbocycles. The molecule has 0 spiro atoms. The van der Waals surface area contributed by atoms with Gasteiger partial charge in [-0.25, -0.2) is 9.59 Å².